The molecule has 1 aromatic heterocycles. The Bertz CT molecular complexity index is 1200. The van der Waals surface area contributed by atoms with Gasteiger partial charge in [0, 0.05) is 5.38 Å². The van der Waals surface area contributed by atoms with E-state index in [-0.39, 0.29) is 19.6 Å². The minimum absolute atomic E-state index is 0.000603. The van der Waals surface area contributed by atoms with Crippen LogP contribution in [0, 0.1) is 6.92 Å². The predicted octanol–water partition coefficient (Wildman–Crippen LogP) is 2.10. The number of thiazole rings is 1. The Morgan fingerprint density at radius 2 is 1.86 bits per heavy atom. The van der Waals surface area contributed by atoms with Gasteiger partial charge in [-0.05, 0) is 31.2 Å². The first-order valence-electron chi connectivity index (χ1n) is 10.7. The van der Waals surface area contributed by atoms with Crippen LogP contribution in [0.2, 0.25) is 0 Å². The number of hydrazine groups is 1. The molecule has 182 valence electrons. The van der Waals surface area contributed by atoms with Gasteiger partial charge in [-0.25, -0.2) is 4.98 Å². The number of benzene rings is 2. The van der Waals surface area contributed by atoms with Crippen molar-refractivity contribution in [2.24, 2.45) is 0 Å². The Balaban J connectivity index is 1.14. The van der Waals surface area contributed by atoms with Crippen LogP contribution in [0.25, 0.3) is 0 Å². The molecular weight excluding hydrogens is 474 g/mol. The second kappa shape index (κ2) is 11.3. The van der Waals surface area contributed by atoms with Gasteiger partial charge in [0.05, 0.1) is 12.1 Å². The molecule has 0 aliphatic carbocycles. The van der Waals surface area contributed by atoms with Crippen LogP contribution in [-0.2, 0) is 32.1 Å². The third kappa shape index (κ3) is 6.93. The first kappa shape index (κ1) is 24.0. The topological polar surface area (TPSA) is 125 Å². The van der Waals surface area contributed by atoms with Crippen LogP contribution in [0.15, 0.2) is 53.9 Å². The predicted molar refractivity (Wildman–Crippen MR) is 125 cm³/mol. The van der Waals surface area contributed by atoms with E-state index in [0.29, 0.717) is 22.2 Å². The molecule has 2 heterocycles. The number of carbonyl (C=O) groups is 3. The van der Waals surface area contributed by atoms with Crippen LogP contribution < -0.4 is 25.1 Å². The summed E-state index contributed by atoms with van der Waals surface area (Å²) in [7, 11) is 0. The molecule has 2 aromatic carbocycles. The maximum Gasteiger partial charge on any atom is 0.312 e. The highest BCUT2D eigenvalue weighted by atomic mass is 32.1. The third-order valence-corrected chi connectivity index (χ3v) is 5.67. The third-order valence-electron chi connectivity index (χ3n) is 4.80. The fraction of sp³-hybridized carbons (Fsp3) is 0.250. The Morgan fingerprint density at radius 3 is 2.66 bits per heavy atom. The van der Waals surface area contributed by atoms with Gasteiger partial charge in [-0.1, -0.05) is 29.8 Å². The number of esters is 1. The number of nitrogens with zero attached hydrogens (tertiary/aromatic N) is 1. The molecule has 10 nitrogen and oxygen atoms in total. The number of carbonyl (C=O) groups excluding carboxylic acids is 3. The van der Waals surface area contributed by atoms with Gasteiger partial charge in [0.2, 0.25) is 6.10 Å². The van der Waals surface area contributed by atoms with Gasteiger partial charge in [0.25, 0.3) is 11.8 Å². The van der Waals surface area contributed by atoms with Gasteiger partial charge in [-0.15, -0.1) is 11.3 Å². The van der Waals surface area contributed by atoms with Crippen molar-refractivity contribution < 1.29 is 33.3 Å². The lowest BCUT2D eigenvalue weighted by Gasteiger charge is -2.25. The fourth-order valence-corrected chi connectivity index (χ4v) is 3.72. The molecular formula is C24H23N3O7S. The fourth-order valence-electron chi connectivity index (χ4n) is 3.02. The lowest BCUT2D eigenvalue weighted by atomic mass is 10.2. The maximum atomic E-state index is 12.2. The van der Waals surface area contributed by atoms with Crippen molar-refractivity contribution in [1.82, 2.24) is 15.8 Å². The van der Waals surface area contributed by atoms with Crippen molar-refractivity contribution in [3.63, 3.8) is 0 Å². The SMILES string of the molecule is Cc1ccc(OCc2nc(CC(=O)OCC(=O)NNC(=O)C3COc4ccccc4O3)cs2)cc1. The molecule has 1 aliphatic rings. The molecule has 35 heavy (non-hydrogen) atoms. The molecule has 11 heteroatoms. The van der Waals surface area contributed by atoms with Gasteiger partial charge >= 0.3 is 5.97 Å². The van der Waals surface area contributed by atoms with Crippen molar-refractivity contribution in [3.8, 4) is 17.2 Å². The molecule has 1 atom stereocenters. The summed E-state index contributed by atoms with van der Waals surface area (Å²) in [6.07, 6.45) is -1.02. The minimum Gasteiger partial charge on any atom is -0.486 e. The summed E-state index contributed by atoms with van der Waals surface area (Å²) in [6.45, 7) is 1.72. The lowest BCUT2D eigenvalue weighted by Crippen LogP contribution is -2.51. The van der Waals surface area contributed by atoms with Crippen molar-refractivity contribution >= 4 is 29.1 Å². The molecule has 4 rings (SSSR count). The summed E-state index contributed by atoms with van der Waals surface area (Å²) in [6, 6.07) is 14.6. The quantitative estimate of drug-likeness (QED) is 0.358. The summed E-state index contributed by atoms with van der Waals surface area (Å²) in [4.78, 5) is 40.5. The van der Waals surface area contributed by atoms with E-state index in [2.05, 4.69) is 15.8 Å². The molecule has 2 N–H and O–H groups in total. The van der Waals surface area contributed by atoms with Gasteiger partial charge in [0.1, 0.15) is 24.0 Å². The summed E-state index contributed by atoms with van der Waals surface area (Å²) in [5.74, 6) is -0.207. The van der Waals surface area contributed by atoms with Crippen LogP contribution in [0.4, 0.5) is 0 Å². The maximum absolute atomic E-state index is 12.2. The zero-order valence-electron chi connectivity index (χ0n) is 18.8. The normalized spacial score (nSPS) is 14.0. The van der Waals surface area contributed by atoms with Crippen molar-refractivity contribution in [3.05, 3.63) is 70.2 Å². The number of aromatic nitrogens is 1. The molecule has 0 saturated carbocycles. The monoisotopic (exact) mass is 497 g/mol. The Labute approximate surface area is 205 Å². The zero-order valence-corrected chi connectivity index (χ0v) is 19.6. The molecule has 0 spiro atoms. The smallest absolute Gasteiger partial charge is 0.312 e. The average Bonchev–Trinajstić information content (AvgIpc) is 3.32. The highest BCUT2D eigenvalue weighted by Crippen LogP contribution is 2.30. The Morgan fingerprint density at radius 1 is 1.09 bits per heavy atom. The Hall–Kier alpha value is -4.12. The Kier molecular flexibility index (Phi) is 7.78. The van der Waals surface area contributed by atoms with Crippen molar-refractivity contribution in [1.29, 1.82) is 0 Å². The van der Waals surface area contributed by atoms with Crippen LogP contribution >= 0.6 is 11.3 Å². The number of hydrogen-bond donors (Lipinski definition) is 2. The van der Waals surface area contributed by atoms with E-state index in [1.54, 1.807) is 29.6 Å². The van der Waals surface area contributed by atoms with E-state index < -0.39 is 30.5 Å². The average molecular weight is 498 g/mol. The van der Waals surface area contributed by atoms with E-state index in [1.165, 1.54) is 11.3 Å². The minimum atomic E-state index is -0.929. The van der Waals surface area contributed by atoms with Gasteiger partial charge < -0.3 is 18.9 Å². The number of amides is 2. The molecule has 0 fully saturated rings. The highest BCUT2D eigenvalue weighted by Gasteiger charge is 2.27. The van der Waals surface area contributed by atoms with E-state index in [0.717, 1.165) is 11.3 Å². The molecule has 1 aliphatic heterocycles. The zero-order chi connectivity index (χ0) is 24.6. The van der Waals surface area contributed by atoms with Crippen LogP contribution in [-0.4, -0.2) is 42.1 Å². The molecule has 3 aromatic rings. The molecule has 0 saturated heterocycles. The van der Waals surface area contributed by atoms with E-state index in [4.69, 9.17) is 18.9 Å². The van der Waals surface area contributed by atoms with Crippen molar-refractivity contribution in [2.45, 2.75) is 26.1 Å². The summed E-state index contributed by atoms with van der Waals surface area (Å²) < 4.78 is 21.6. The summed E-state index contributed by atoms with van der Waals surface area (Å²) in [5, 5.41) is 2.45. The van der Waals surface area contributed by atoms with E-state index in [9.17, 15) is 14.4 Å². The van der Waals surface area contributed by atoms with Crippen LogP contribution in [0.3, 0.4) is 0 Å². The van der Waals surface area contributed by atoms with E-state index >= 15 is 0 Å². The molecule has 0 bridgehead atoms. The molecule has 1 unspecified atom stereocenters. The van der Waals surface area contributed by atoms with Gasteiger partial charge in [0.15, 0.2) is 18.1 Å². The second-order valence-corrected chi connectivity index (χ2v) is 8.52. The second-order valence-electron chi connectivity index (χ2n) is 7.57. The number of ether oxygens (including phenoxy) is 4. The van der Waals surface area contributed by atoms with E-state index in [1.807, 2.05) is 31.2 Å². The number of rotatable bonds is 8. The lowest BCUT2D eigenvalue weighted by molar-refractivity contribution is -0.148. The standard InChI is InChI=1S/C24H23N3O7S/c1-15-6-8-17(9-7-15)31-13-22-25-16(14-35-22)10-23(29)33-12-21(28)26-27-24(30)20-11-32-18-4-2-3-5-19(18)34-20/h2-9,14,20H,10-13H2,1H3,(H,26,28)(H,27,30). The summed E-state index contributed by atoms with van der Waals surface area (Å²) >= 11 is 1.37. The van der Waals surface area contributed by atoms with Crippen molar-refractivity contribution in [2.75, 3.05) is 13.2 Å². The number of para-hydroxylation sites is 2. The first-order chi connectivity index (χ1) is 17.0. The number of nitrogens with one attached hydrogen (secondary N) is 2. The number of fused-ring (bicyclic) bond motifs is 1. The largest absolute Gasteiger partial charge is 0.486 e. The molecule has 0 radical (unpaired) electrons. The number of aryl methyl sites for hydroxylation is 1. The van der Waals surface area contributed by atoms with Crippen LogP contribution in [0.1, 0.15) is 16.3 Å². The van der Waals surface area contributed by atoms with Gasteiger partial charge in [-0.2, -0.15) is 0 Å². The highest BCUT2D eigenvalue weighted by molar-refractivity contribution is 7.09. The molecule has 2 amide bonds. The number of hydrogen-bond acceptors (Lipinski definition) is 9. The van der Waals surface area contributed by atoms with Gasteiger partial charge in [-0.3, -0.25) is 25.2 Å². The first-order valence-corrected chi connectivity index (χ1v) is 11.6. The van der Waals surface area contributed by atoms with Crippen LogP contribution in [0.5, 0.6) is 17.2 Å². The summed E-state index contributed by atoms with van der Waals surface area (Å²) in [5.41, 5.74) is 6.07.